The molecule has 0 heterocycles. The van der Waals surface area contributed by atoms with Crippen molar-refractivity contribution in [2.24, 2.45) is 11.7 Å². The van der Waals surface area contributed by atoms with Gasteiger partial charge in [0.2, 0.25) is 15.9 Å². The zero-order valence-corrected chi connectivity index (χ0v) is 13.7. The SMILES string of the molecule is CC(N)C(C)C(=O)NCCNS(=O)(=O)c1cccc([N+](=O)[O-])c1. The Hall–Kier alpha value is -2.04. The van der Waals surface area contributed by atoms with Crippen LogP contribution in [-0.2, 0) is 14.8 Å². The van der Waals surface area contributed by atoms with E-state index in [0.29, 0.717) is 0 Å². The van der Waals surface area contributed by atoms with Crippen LogP contribution in [0.3, 0.4) is 0 Å². The first-order valence-corrected chi connectivity index (χ1v) is 8.41. The lowest BCUT2D eigenvalue weighted by Crippen LogP contribution is -2.41. The summed E-state index contributed by atoms with van der Waals surface area (Å²) in [6.07, 6.45) is 0. The van der Waals surface area contributed by atoms with Crippen LogP contribution in [0.2, 0.25) is 0 Å². The van der Waals surface area contributed by atoms with Gasteiger partial charge >= 0.3 is 0 Å². The molecule has 0 radical (unpaired) electrons. The number of nitro groups is 1. The second-order valence-electron chi connectivity index (χ2n) is 5.09. The molecule has 2 atom stereocenters. The number of carbonyl (C=O) groups excluding carboxylic acids is 1. The van der Waals surface area contributed by atoms with E-state index in [1.54, 1.807) is 13.8 Å². The fraction of sp³-hybridized carbons (Fsp3) is 0.462. The average molecular weight is 344 g/mol. The highest BCUT2D eigenvalue weighted by atomic mass is 32.2. The minimum Gasteiger partial charge on any atom is -0.355 e. The Balaban J connectivity index is 2.59. The predicted octanol–water partition coefficient (Wildman–Crippen LogP) is -0.0274. The van der Waals surface area contributed by atoms with Crippen LogP contribution in [0.4, 0.5) is 5.69 Å². The van der Waals surface area contributed by atoms with Crippen LogP contribution in [0.15, 0.2) is 29.2 Å². The minimum absolute atomic E-state index is 0.0392. The fourth-order valence-electron chi connectivity index (χ4n) is 1.62. The molecule has 1 amide bonds. The zero-order chi connectivity index (χ0) is 17.6. The topological polar surface area (TPSA) is 144 Å². The van der Waals surface area contributed by atoms with Gasteiger partial charge in [0.25, 0.3) is 5.69 Å². The van der Waals surface area contributed by atoms with Gasteiger partial charge < -0.3 is 11.1 Å². The smallest absolute Gasteiger partial charge is 0.270 e. The van der Waals surface area contributed by atoms with Crippen LogP contribution >= 0.6 is 0 Å². The molecule has 0 saturated carbocycles. The summed E-state index contributed by atoms with van der Waals surface area (Å²) in [5, 5.41) is 13.2. The van der Waals surface area contributed by atoms with Gasteiger partial charge in [0.05, 0.1) is 9.82 Å². The molecule has 23 heavy (non-hydrogen) atoms. The number of nitrogens with zero attached hydrogens (tertiary/aromatic N) is 1. The summed E-state index contributed by atoms with van der Waals surface area (Å²) in [5.74, 6) is -0.655. The van der Waals surface area contributed by atoms with E-state index in [1.807, 2.05) is 0 Å². The molecular weight excluding hydrogens is 324 g/mol. The molecule has 2 unspecified atom stereocenters. The molecule has 9 nitrogen and oxygen atoms in total. The van der Waals surface area contributed by atoms with Crippen molar-refractivity contribution < 1.29 is 18.1 Å². The number of non-ortho nitro benzene ring substituents is 1. The van der Waals surface area contributed by atoms with Gasteiger partial charge in [0.15, 0.2) is 0 Å². The number of hydrogen-bond donors (Lipinski definition) is 3. The van der Waals surface area contributed by atoms with Gasteiger partial charge in [-0.15, -0.1) is 0 Å². The molecule has 10 heteroatoms. The number of nitrogens with one attached hydrogen (secondary N) is 2. The van der Waals surface area contributed by atoms with E-state index in [-0.39, 0.29) is 41.5 Å². The summed E-state index contributed by atoms with van der Waals surface area (Å²) in [6.45, 7) is 3.43. The molecule has 0 saturated heterocycles. The Bertz CT molecular complexity index is 675. The number of sulfonamides is 1. The van der Waals surface area contributed by atoms with Gasteiger partial charge in [-0.2, -0.15) is 0 Å². The quantitative estimate of drug-likeness (QED) is 0.343. The van der Waals surface area contributed by atoms with E-state index >= 15 is 0 Å². The van der Waals surface area contributed by atoms with Crippen LogP contribution in [0.25, 0.3) is 0 Å². The Kier molecular flexibility index (Phi) is 6.61. The Morgan fingerprint density at radius 2 is 2.00 bits per heavy atom. The van der Waals surface area contributed by atoms with Gasteiger partial charge in [-0.05, 0) is 13.0 Å². The number of amides is 1. The van der Waals surface area contributed by atoms with Crippen molar-refractivity contribution in [2.75, 3.05) is 13.1 Å². The van der Waals surface area contributed by atoms with Gasteiger partial charge in [-0.1, -0.05) is 13.0 Å². The lowest BCUT2D eigenvalue weighted by Gasteiger charge is -2.15. The molecule has 128 valence electrons. The molecule has 1 rings (SSSR count). The van der Waals surface area contributed by atoms with E-state index in [4.69, 9.17) is 5.73 Å². The molecule has 0 fully saturated rings. The number of carbonyl (C=O) groups is 1. The minimum atomic E-state index is -3.88. The number of benzene rings is 1. The molecular formula is C13H20N4O5S. The fourth-order valence-corrected chi connectivity index (χ4v) is 2.69. The molecule has 0 spiro atoms. The highest BCUT2D eigenvalue weighted by Crippen LogP contribution is 2.16. The van der Waals surface area contributed by atoms with E-state index < -0.39 is 14.9 Å². The lowest BCUT2D eigenvalue weighted by atomic mass is 10.0. The summed E-state index contributed by atoms with van der Waals surface area (Å²) >= 11 is 0. The van der Waals surface area contributed by atoms with Gasteiger partial charge in [-0.25, -0.2) is 13.1 Å². The van der Waals surface area contributed by atoms with E-state index in [9.17, 15) is 23.3 Å². The van der Waals surface area contributed by atoms with E-state index in [2.05, 4.69) is 10.0 Å². The second kappa shape index (κ2) is 7.99. The maximum absolute atomic E-state index is 12.0. The van der Waals surface area contributed by atoms with Crippen molar-refractivity contribution in [1.29, 1.82) is 0 Å². The maximum atomic E-state index is 12.0. The van der Waals surface area contributed by atoms with Crippen molar-refractivity contribution in [3.8, 4) is 0 Å². The van der Waals surface area contributed by atoms with Crippen molar-refractivity contribution in [3.63, 3.8) is 0 Å². The number of nitrogens with two attached hydrogens (primary N) is 1. The second-order valence-corrected chi connectivity index (χ2v) is 6.86. The van der Waals surface area contributed by atoms with E-state index in [0.717, 1.165) is 6.07 Å². The van der Waals surface area contributed by atoms with Gasteiger partial charge in [-0.3, -0.25) is 14.9 Å². The third kappa shape index (κ3) is 5.58. The standard InChI is InChI=1S/C13H20N4O5S/c1-9(10(2)14)13(18)15-6-7-16-23(21,22)12-5-3-4-11(8-12)17(19)20/h3-5,8-10,16H,6-7,14H2,1-2H3,(H,15,18). The van der Waals surface area contributed by atoms with E-state index in [1.165, 1.54) is 18.2 Å². The molecule has 0 aromatic heterocycles. The molecule has 0 aliphatic carbocycles. The number of nitro benzene ring substituents is 1. The number of rotatable bonds is 8. The average Bonchev–Trinajstić information content (AvgIpc) is 2.50. The van der Waals surface area contributed by atoms with Crippen LogP contribution < -0.4 is 15.8 Å². The predicted molar refractivity (Wildman–Crippen MR) is 84.1 cm³/mol. The Morgan fingerprint density at radius 3 is 2.57 bits per heavy atom. The Labute approximate surface area is 134 Å². The molecule has 1 aromatic carbocycles. The summed E-state index contributed by atoms with van der Waals surface area (Å²) in [5.41, 5.74) is 5.28. The molecule has 1 aromatic rings. The summed E-state index contributed by atoms with van der Waals surface area (Å²) in [6, 6.07) is 4.41. The summed E-state index contributed by atoms with van der Waals surface area (Å²) < 4.78 is 26.3. The highest BCUT2D eigenvalue weighted by molar-refractivity contribution is 7.89. The summed E-state index contributed by atoms with van der Waals surface area (Å²) in [4.78, 5) is 21.4. The van der Waals surface area contributed by atoms with Crippen LogP contribution in [-0.4, -0.2) is 38.4 Å². The number of hydrogen-bond acceptors (Lipinski definition) is 6. The van der Waals surface area contributed by atoms with Gasteiger partial charge in [0.1, 0.15) is 0 Å². The van der Waals surface area contributed by atoms with Crippen molar-refractivity contribution in [3.05, 3.63) is 34.4 Å². The maximum Gasteiger partial charge on any atom is 0.270 e. The first-order chi connectivity index (χ1) is 10.6. The zero-order valence-electron chi connectivity index (χ0n) is 12.9. The molecule has 0 bridgehead atoms. The van der Waals surface area contributed by atoms with Gasteiger partial charge in [0, 0.05) is 37.2 Å². The molecule has 0 aliphatic rings. The summed E-state index contributed by atoms with van der Waals surface area (Å²) in [7, 11) is -3.88. The molecule has 0 aliphatic heterocycles. The third-order valence-electron chi connectivity index (χ3n) is 3.26. The third-order valence-corrected chi connectivity index (χ3v) is 4.72. The largest absolute Gasteiger partial charge is 0.355 e. The van der Waals surface area contributed by atoms with Crippen molar-refractivity contribution in [2.45, 2.75) is 24.8 Å². The van der Waals surface area contributed by atoms with Crippen molar-refractivity contribution >= 4 is 21.6 Å². The van der Waals surface area contributed by atoms with Crippen LogP contribution in [0.5, 0.6) is 0 Å². The van der Waals surface area contributed by atoms with Crippen LogP contribution in [0, 0.1) is 16.0 Å². The van der Waals surface area contributed by atoms with Crippen LogP contribution in [0.1, 0.15) is 13.8 Å². The monoisotopic (exact) mass is 344 g/mol. The van der Waals surface area contributed by atoms with Crippen molar-refractivity contribution in [1.82, 2.24) is 10.0 Å². The normalized spacial score (nSPS) is 14.0. The molecule has 4 N–H and O–H groups in total. The Morgan fingerprint density at radius 1 is 1.35 bits per heavy atom. The highest BCUT2D eigenvalue weighted by Gasteiger charge is 2.18. The first kappa shape index (κ1) is 19.0. The first-order valence-electron chi connectivity index (χ1n) is 6.92. The lowest BCUT2D eigenvalue weighted by molar-refractivity contribution is -0.385.